The number of hydrogen-bond acceptors (Lipinski definition) is 4. The molecule has 0 bridgehead atoms. The van der Waals surface area contributed by atoms with Crippen LogP contribution in [0.2, 0.25) is 5.02 Å². The number of unbranched alkanes of at least 4 members (excludes halogenated alkanes) is 3. The molecule has 2 rings (SSSR count). The minimum Gasteiger partial charge on any atom is -0.494 e. The van der Waals surface area contributed by atoms with Gasteiger partial charge < -0.3 is 10.5 Å². The van der Waals surface area contributed by atoms with E-state index in [1.807, 2.05) is 30.3 Å². The van der Waals surface area contributed by atoms with E-state index in [1.54, 1.807) is 18.3 Å². The number of pyridine rings is 1. The van der Waals surface area contributed by atoms with Crippen molar-refractivity contribution in [2.24, 2.45) is 10.7 Å². The summed E-state index contributed by atoms with van der Waals surface area (Å²) in [6, 6.07) is 12.9. The molecule has 0 fully saturated rings. The molecule has 1 aromatic carbocycles. The molecule has 0 saturated carbocycles. The van der Waals surface area contributed by atoms with Crippen LogP contribution in [0, 0.1) is 11.3 Å². The lowest BCUT2D eigenvalue weighted by Gasteiger charge is -2.06. The highest BCUT2D eigenvalue weighted by Crippen LogP contribution is 2.17. The molecule has 0 aliphatic rings. The van der Waals surface area contributed by atoms with Gasteiger partial charge in [-0.25, -0.2) is 4.98 Å². The summed E-state index contributed by atoms with van der Waals surface area (Å²) in [5, 5.41) is 9.70. The first-order valence-corrected chi connectivity index (χ1v) is 8.62. The molecule has 6 heteroatoms. The van der Waals surface area contributed by atoms with E-state index in [2.05, 4.69) is 9.98 Å². The van der Waals surface area contributed by atoms with Crippen LogP contribution in [-0.4, -0.2) is 24.0 Å². The number of benzene rings is 1. The molecule has 0 aliphatic heterocycles. The number of halogens is 1. The number of aliphatic imine (C=N–C) groups is 1. The molecule has 0 aliphatic carbocycles. The summed E-state index contributed by atoms with van der Waals surface area (Å²) < 4.78 is 5.65. The van der Waals surface area contributed by atoms with Gasteiger partial charge in [0.2, 0.25) is 0 Å². The van der Waals surface area contributed by atoms with Crippen LogP contribution in [0.5, 0.6) is 5.75 Å². The highest BCUT2D eigenvalue weighted by atomic mass is 35.5. The van der Waals surface area contributed by atoms with E-state index in [-0.39, 0.29) is 0 Å². The number of nitrogens with two attached hydrogens (primary N) is 1. The third kappa shape index (κ3) is 6.44. The van der Waals surface area contributed by atoms with E-state index in [4.69, 9.17) is 27.3 Å². The first-order chi connectivity index (χ1) is 12.2. The van der Waals surface area contributed by atoms with Gasteiger partial charge in [-0.05, 0) is 49.6 Å². The van der Waals surface area contributed by atoms with E-state index in [0.29, 0.717) is 35.3 Å². The smallest absolute Gasteiger partial charge is 0.151 e. The first-order valence-electron chi connectivity index (χ1n) is 8.24. The maximum atomic E-state index is 9.01. The topological polar surface area (TPSA) is 84.3 Å². The second kappa shape index (κ2) is 10.3. The van der Waals surface area contributed by atoms with Crippen molar-refractivity contribution >= 4 is 17.4 Å². The molecule has 0 unspecified atom stereocenters. The largest absolute Gasteiger partial charge is 0.494 e. The minimum atomic E-state index is 0.307. The Labute approximate surface area is 153 Å². The molecular weight excluding hydrogens is 336 g/mol. The Morgan fingerprint density at radius 1 is 1.20 bits per heavy atom. The monoisotopic (exact) mass is 356 g/mol. The van der Waals surface area contributed by atoms with Crippen LogP contribution in [0.1, 0.15) is 36.9 Å². The SMILES string of the molecule is N#Cc1ncccc1C(N)=NCCCCCCOc1cccc(Cl)c1. The fraction of sp³-hybridized carbons (Fsp3) is 0.316. The number of nitriles is 1. The maximum absolute atomic E-state index is 9.01. The number of amidine groups is 1. The Balaban J connectivity index is 1.62. The number of hydrogen-bond donors (Lipinski definition) is 1. The molecule has 2 N–H and O–H groups in total. The average Bonchev–Trinajstić information content (AvgIpc) is 2.63. The Morgan fingerprint density at radius 3 is 2.84 bits per heavy atom. The quantitative estimate of drug-likeness (QED) is 0.419. The van der Waals surface area contributed by atoms with Crippen LogP contribution >= 0.6 is 11.6 Å². The van der Waals surface area contributed by atoms with Crippen LogP contribution in [0.25, 0.3) is 0 Å². The van der Waals surface area contributed by atoms with Gasteiger partial charge in [0.05, 0.1) is 12.2 Å². The molecule has 0 atom stereocenters. The average molecular weight is 357 g/mol. The summed E-state index contributed by atoms with van der Waals surface area (Å²) in [6.45, 7) is 1.31. The number of rotatable bonds is 9. The number of aromatic nitrogens is 1. The lowest BCUT2D eigenvalue weighted by Crippen LogP contribution is -2.16. The molecule has 0 spiro atoms. The fourth-order valence-corrected chi connectivity index (χ4v) is 2.48. The van der Waals surface area contributed by atoms with Crippen molar-refractivity contribution in [2.75, 3.05) is 13.2 Å². The Morgan fingerprint density at radius 2 is 2.04 bits per heavy atom. The second-order valence-electron chi connectivity index (χ2n) is 5.50. The van der Waals surface area contributed by atoms with Crippen molar-refractivity contribution in [1.82, 2.24) is 4.98 Å². The van der Waals surface area contributed by atoms with E-state index in [1.165, 1.54) is 0 Å². The van der Waals surface area contributed by atoms with Gasteiger partial charge in [0.25, 0.3) is 0 Å². The predicted molar refractivity (Wildman–Crippen MR) is 100.0 cm³/mol. The molecular formula is C19H21ClN4O. The predicted octanol–water partition coefficient (Wildman–Crippen LogP) is 3.95. The van der Waals surface area contributed by atoms with Gasteiger partial charge in [0.1, 0.15) is 17.7 Å². The number of ether oxygens (including phenoxy) is 1. The van der Waals surface area contributed by atoms with Gasteiger partial charge in [0, 0.05) is 17.8 Å². The second-order valence-corrected chi connectivity index (χ2v) is 5.93. The summed E-state index contributed by atoms with van der Waals surface area (Å²) in [4.78, 5) is 8.32. The third-order valence-electron chi connectivity index (χ3n) is 3.59. The van der Waals surface area contributed by atoms with E-state index >= 15 is 0 Å². The highest BCUT2D eigenvalue weighted by molar-refractivity contribution is 6.30. The van der Waals surface area contributed by atoms with Crippen LogP contribution < -0.4 is 10.5 Å². The normalized spacial score (nSPS) is 11.1. The van der Waals surface area contributed by atoms with Crippen molar-refractivity contribution in [3.63, 3.8) is 0 Å². The summed E-state index contributed by atoms with van der Waals surface area (Å²) >= 11 is 5.91. The zero-order chi connectivity index (χ0) is 17.9. The molecule has 0 saturated heterocycles. The standard InChI is InChI=1S/C19H21ClN4O/c20-15-7-5-8-16(13-15)25-12-4-2-1-3-10-24-19(22)17-9-6-11-23-18(17)14-21/h5-9,11,13H,1-4,10,12H2,(H2,22,24). The van der Waals surface area contributed by atoms with Crippen LogP contribution in [0.4, 0.5) is 0 Å². The van der Waals surface area contributed by atoms with Gasteiger partial charge in [-0.3, -0.25) is 4.99 Å². The molecule has 0 radical (unpaired) electrons. The van der Waals surface area contributed by atoms with Crippen LogP contribution in [-0.2, 0) is 0 Å². The molecule has 1 aromatic heterocycles. The van der Waals surface area contributed by atoms with Gasteiger partial charge in [-0.2, -0.15) is 5.26 Å². The third-order valence-corrected chi connectivity index (χ3v) is 3.82. The molecule has 1 heterocycles. The molecule has 130 valence electrons. The van der Waals surface area contributed by atoms with E-state index in [9.17, 15) is 0 Å². The van der Waals surface area contributed by atoms with Crippen molar-refractivity contribution in [3.8, 4) is 11.8 Å². The Kier molecular flexibility index (Phi) is 7.74. The summed E-state index contributed by atoms with van der Waals surface area (Å²) in [7, 11) is 0. The zero-order valence-electron chi connectivity index (χ0n) is 14.0. The molecule has 0 amide bonds. The highest BCUT2D eigenvalue weighted by Gasteiger charge is 2.05. The molecule has 25 heavy (non-hydrogen) atoms. The molecule has 5 nitrogen and oxygen atoms in total. The van der Waals surface area contributed by atoms with Gasteiger partial charge in [-0.15, -0.1) is 0 Å². The lowest BCUT2D eigenvalue weighted by atomic mass is 10.2. The van der Waals surface area contributed by atoms with Gasteiger partial charge in [0.15, 0.2) is 5.69 Å². The maximum Gasteiger partial charge on any atom is 0.151 e. The van der Waals surface area contributed by atoms with Gasteiger partial charge in [-0.1, -0.05) is 24.1 Å². The first kappa shape index (κ1) is 18.8. The molecule has 2 aromatic rings. The Hall–Kier alpha value is -2.58. The van der Waals surface area contributed by atoms with Crippen molar-refractivity contribution < 1.29 is 4.74 Å². The summed E-state index contributed by atoms with van der Waals surface area (Å²) in [5.41, 5.74) is 6.84. The van der Waals surface area contributed by atoms with Crippen LogP contribution in [0.3, 0.4) is 0 Å². The minimum absolute atomic E-state index is 0.307. The van der Waals surface area contributed by atoms with E-state index < -0.39 is 0 Å². The Bertz CT molecular complexity index is 755. The lowest BCUT2D eigenvalue weighted by molar-refractivity contribution is 0.305. The van der Waals surface area contributed by atoms with E-state index in [0.717, 1.165) is 31.4 Å². The zero-order valence-corrected chi connectivity index (χ0v) is 14.7. The van der Waals surface area contributed by atoms with Crippen molar-refractivity contribution in [3.05, 3.63) is 58.9 Å². The number of nitrogens with zero attached hydrogens (tertiary/aromatic N) is 3. The van der Waals surface area contributed by atoms with Gasteiger partial charge >= 0.3 is 0 Å². The summed E-state index contributed by atoms with van der Waals surface area (Å²) in [5.74, 6) is 1.17. The van der Waals surface area contributed by atoms with Crippen LogP contribution in [0.15, 0.2) is 47.6 Å². The summed E-state index contributed by atoms with van der Waals surface area (Å²) in [6.07, 6.45) is 5.61. The fourth-order valence-electron chi connectivity index (χ4n) is 2.30. The van der Waals surface area contributed by atoms with Crippen molar-refractivity contribution in [2.45, 2.75) is 25.7 Å². The van der Waals surface area contributed by atoms with Crippen molar-refractivity contribution in [1.29, 1.82) is 5.26 Å².